The first-order valence-corrected chi connectivity index (χ1v) is 25.0. The summed E-state index contributed by atoms with van der Waals surface area (Å²) in [6.45, 7) is 27.7. The number of aromatic hydroxyl groups is 1. The quantitative estimate of drug-likeness (QED) is 0.151. The maximum Gasteiger partial charge on any atom is 1.00 e. The second-order valence-corrected chi connectivity index (χ2v) is 20.7. The third-order valence-corrected chi connectivity index (χ3v) is 11.7. The first kappa shape index (κ1) is 69.0. The molecule has 3 aromatic rings. The summed E-state index contributed by atoms with van der Waals surface area (Å²) in [7, 11) is -3.42. The summed E-state index contributed by atoms with van der Waals surface area (Å²) in [6, 6.07) is 17.9. The van der Waals surface area contributed by atoms with E-state index in [9.17, 15) is 18.0 Å². The van der Waals surface area contributed by atoms with Crippen molar-refractivity contribution in [3.05, 3.63) is 88.0 Å². The molecule has 0 saturated carbocycles. The van der Waals surface area contributed by atoms with Crippen molar-refractivity contribution in [3.8, 4) is 17.2 Å². The SMILES string of the molecule is CC(C)(C)OC(=O)N1CCC(OS(C)(=O)=O)CC1.Cc1cccc(O)c1C.Cc1cccc(OC2CCN(C(=O)OC(C)(C)C)CC2)c1C.Cc1cccc(OC2CCNCC2)c1C.O=CO[O-].[Cs+].[Cs+].[H-]. The minimum Gasteiger partial charge on any atom is -1.00 e. The maximum absolute atomic E-state index is 12.0. The van der Waals surface area contributed by atoms with Crippen LogP contribution in [-0.4, -0.2) is 117 Å². The molecule has 3 aromatic carbocycles. The molecule has 0 atom stereocenters. The van der Waals surface area contributed by atoms with E-state index in [0.717, 1.165) is 67.7 Å². The van der Waals surface area contributed by atoms with Gasteiger partial charge in [-0.1, -0.05) is 36.4 Å². The minimum absolute atomic E-state index is 0. The zero-order chi connectivity index (χ0) is 51.2. The van der Waals surface area contributed by atoms with Crippen LogP contribution < -0.4 is 158 Å². The Morgan fingerprint density at radius 3 is 1.31 bits per heavy atom. The van der Waals surface area contributed by atoms with E-state index in [2.05, 4.69) is 62.2 Å². The van der Waals surface area contributed by atoms with E-state index in [1.165, 1.54) is 22.3 Å². The van der Waals surface area contributed by atoms with Gasteiger partial charge in [0.1, 0.15) is 40.7 Å². The number of nitrogens with one attached hydrogen (secondary N) is 1. The number of aryl methyl sites for hydroxylation is 3. The van der Waals surface area contributed by atoms with Crippen LogP contribution in [0.15, 0.2) is 54.6 Å². The molecule has 70 heavy (non-hydrogen) atoms. The average Bonchev–Trinajstić information content (AvgIpc) is 3.26. The minimum atomic E-state index is -3.42. The molecule has 3 aliphatic rings. The average molecular weight is 1240 g/mol. The number of hydrogen-bond acceptors (Lipinski definition) is 14. The molecule has 16 nitrogen and oxygen atoms in total. The van der Waals surface area contributed by atoms with Crippen LogP contribution in [0.5, 0.6) is 17.2 Å². The molecule has 0 aromatic heterocycles. The van der Waals surface area contributed by atoms with Gasteiger partial charge in [-0.25, -0.2) is 9.59 Å². The Kier molecular flexibility index (Phi) is 34.1. The van der Waals surface area contributed by atoms with E-state index in [4.69, 9.17) is 38.3 Å². The van der Waals surface area contributed by atoms with Crippen molar-refractivity contribution >= 4 is 28.8 Å². The molecule has 2 N–H and O–H groups in total. The van der Waals surface area contributed by atoms with Gasteiger partial charge in [0.25, 0.3) is 16.6 Å². The van der Waals surface area contributed by atoms with Crippen LogP contribution in [0.1, 0.15) is 115 Å². The van der Waals surface area contributed by atoms with Gasteiger partial charge < -0.3 is 50.7 Å². The monoisotopic (exact) mass is 1240 g/mol. The molecule has 0 bridgehead atoms. The van der Waals surface area contributed by atoms with E-state index >= 15 is 0 Å². The van der Waals surface area contributed by atoms with Gasteiger partial charge >= 0.3 is 150 Å². The summed E-state index contributed by atoms with van der Waals surface area (Å²) in [6.07, 6.45) is 5.61. The fourth-order valence-electron chi connectivity index (χ4n) is 6.90. The number of hydrogen-bond donors (Lipinski definition) is 2. The molecule has 3 saturated heterocycles. The number of phenolic OH excluding ortho intramolecular Hbond substituents is 1. The molecule has 3 fully saturated rings. The smallest absolute Gasteiger partial charge is 1.00 e. The number of carbonyl (C=O) groups is 3. The summed E-state index contributed by atoms with van der Waals surface area (Å²) in [4.78, 5) is 38.4. The molecule has 0 radical (unpaired) electrons. The molecule has 0 spiro atoms. The Hall–Kier alpha value is -0.996. The number of amides is 2. The normalized spacial score (nSPS) is 15.3. The van der Waals surface area contributed by atoms with Crippen molar-refractivity contribution in [2.45, 2.75) is 151 Å². The number of carbonyl (C=O) groups excluding carboxylic acids is 3. The van der Waals surface area contributed by atoms with Crippen molar-refractivity contribution < 1.29 is 200 Å². The van der Waals surface area contributed by atoms with Crippen LogP contribution in [0.25, 0.3) is 0 Å². The molecule has 19 heteroatoms. The first-order chi connectivity index (χ1) is 31.7. The van der Waals surface area contributed by atoms with Gasteiger partial charge in [0.2, 0.25) is 0 Å². The molecule has 0 unspecified atom stereocenters. The van der Waals surface area contributed by atoms with Gasteiger partial charge in [-0.05, 0) is 173 Å². The number of piperidine rings is 3. The molecule has 0 aliphatic carbocycles. The van der Waals surface area contributed by atoms with Gasteiger partial charge in [0.05, 0.1) is 12.4 Å². The van der Waals surface area contributed by atoms with Crippen LogP contribution in [-0.2, 0) is 33.5 Å². The van der Waals surface area contributed by atoms with Crippen molar-refractivity contribution in [1.29, 1.82) is 0 Å². The van der Waals surface area contributed by atoms with Crippen LogP contribution in [0.3, 0.4) is 0 Å². The Morgan fingerprint density at radius 1 is 0.643 bits per heavy atom. The van der Waals surface area contributed by atoms with Gasteiger partial charge in [0.15, 0.2) is 0 Å². The Balaban J connectivity index is 0. The van der Waals surface area contributed by atoms with Gasteiger partial charge in [-0.3, -0.25) is 8.98 Å². The standard InChI is InChI=1S/C18H27NO3.C13H19NO.C11H21NO5S.C8H10O.CH2O3.2Cs.H/c1-13-7-6-8-16(14(13)2)21-15-9-11-19(12-10-15)17(20)22-18(3,4)5;1-10-4-3-5-13(11(10)2)15-12-6-8-14-9-7-12;1-11(2,3)16-10(13)12-7-5-9(6-8-12)17-18(4,14)15;1-6-4-3-5-8(9)7(6)2;2-1-4-3;;;/h6-8,15H,9-12H2,1-5H3;3-5,12,14H,6-9H2,1-2H3;9H,5-8H2,1-4H3;3-5,9H,1-2H3;1,3H;;;/q;;;;;2*+1;-1/p-1. The molecular formula is C51H79Cs2N3O13S. The predicted octanol–water partition coefficient (Wildman–Crippen LogP) is 2.44. The van der Waals surface area contributed by atoms with E-state index in [1.54, 1.807) is 15.9 Å². The number of rotatable bonds is 7. The van der Waals surface area contributed by atoms with Crippen LogP contribution >= 0.6 is 0 Å². The molecule has 3 heterocycles. The fourth-order valence-corrected chi connectivity index (χ4v) is 7.59. The van der Waals surface area contributed by atoms with Gasteiger partial charge in [0, 0.05) is 39.0 Å². The summed E-state index contributed by atoms with van der Waals surface area (Å²) >= 11 is 0. The van der Waals surface area contributed by atoms with Crippen molar-refractivity contribution in [2.24, 2.45) is 0 Å². The summed E-state index contributed by atoms with van der Waals surface area (Å²) in [5.41, 5.74) is 6.16. The fraction of sp³-hybridized carbons (Fsp3) is 0.588. The Bertz CT molecular complexity index is 2110. The third-order valence-electron chi connectivity index (χ3n) is 11.1. The Morgan fingerprint density at radius 2 is 0.986 bits per heavy atom. The zero-order valence-electron chi connectivity index (χ0n) is 45.6. The van der Waals surface area contributed by atoms with Crippen molar-refractivity contribution in [3.63, 3.8) is 0 Å². The molecule has 6 rings (SSSR count). The van der Waals surface area contributed by atoms with Crippen LogP contribution in [0.2, 0.25) is 0 Å². The number of ether oxygens (including phenoxy) is 4. The van der Waals surface area contributed by atoms with Crippen molar-refractivity contribution in [1.82, 2.24) is 15.1 Å². The van der Waals surface area contributed by atoms with Gasteiger partial charge in [-0.2, -0.15) is 8.42 Å². The van der Waals surface area contributed by atoms with Gasteiger partial charge in [-0.15, -0.1) is 0 Å². The number of likely N-dealkylation sites (tertiary alicyclic amines) is 2. The molecule has 2 amide bonds. The number of benzene rings is 3. The third kappa shape index (κ3) is 28.6. The zero-order valence-corrected chi connectivity index (χ0v) is 58.0. The second-order valence-electron chi connectivity index (χ2n) is 19.1. The van der Waals surface area contributed by atoms with E-state index in [-0.39, 0.29) is 170 Å². The second kappa shape index (κ2) is 34.5. The van der Waals surface area contributed by atoms with E-state index in [0.29, 0.717) is 50.9 Å². The molecule has 3 aliphatic heterocycles. The van der Waals surface area contributed by atoms with E-state index < -0.39 is 21.3 Å². The molecule has 384 valence electrons. The summed E-state index contributed by atoms with van der Waals surface area (Å²) in [5, 5.41) is 20.9. The Labute approximate surface area is 537 Å². The van der Waals surface area contributed by atoms with E-state index in [1.807, 2.05) is 79.7 Å². The largest absolute Gasteiger partial charge is 1.00 e. The number of phenols is 1. The van der Waals surface area contributed by atoms with Crippen molar-refractivity contribution in [2.75, 3.05) is 45.5 Å². The number of nitrogens with zero attached hydrogens (tertiary/aromatic N) is 2. The topological polar surface area (TPSA) is 203 Å². The first-order valence-electron chi connectivity index (χ1n) is 23.2. The van der Waals surface area contributed by atoms with Crippen LogP contribution in [0.4, 0.5) is 9.59 Å². The maximum atomic E-state index is 12.0. The summed E-state index contributed by atoms with van der Waals surface area (Å²) < 4.78 is 49.6. The van der Waals surface area contributed by atoms with Crippen LogP contribution in [0, 0.1) is 41.5 Å². The predicted molar refractivity (Wildman–Crippen MR) is 262 cm³/mol. The molecular weight excluding hydrogens is 1160 g/mol. The summed E-state index contributed by atoms with van der Waals surface area (Å²) in [5.74, 6) is 2.40.